The van der Waals surface area contributed by atoms with Crippen molar-refractivity contribution in [3.8, 4) is 0 Å². The highest BCUT2D eigenvalue weighted by Crippen LogP contribution is 2.31. The third-order valence-corrected chi connectivity index (χ3v) is 3.61. The molecule has 7 heteroatoms. The Hall–Kier alpha value is -0.850. The number of likely N-dealkylation sites (tertiary alicyclic amines) is 1. The van der Waals surface area contributed by atoms with Gasteiger partial charge < -0.3 is 5.32 Å². The van der Waals surface area contributed by atoms with E-state index in [0.717, 1.165) is 32.0 Å². The molecule has 0 radical (unpaired) electrons. The molecule has 1 aliphatic heterocycles. The second-order valence-electron chi connectivity index (χ2n) is 5.17. The van der Waals surface area contributed by atoms with Crippen LogP contribution in [0.1, 0.15) is 24.0 Å². The number of nitrogens with one attached hydrogen (secondary N) is 1. The van der Waals surface area contributed by atoms with Crippen LogP contribution >= 0.6 is 12.4 Å². The van der Waals surface area contributed by atoms with Crippen molar-refractivity contribution in [1.29, 1.82) is 0 Å². The average Bonchev–Trinajstić information content (AvgIpc) is 2.75. The van der Waals surface area contributed by atoms with Crippen molar-refractivity contribution in [2.24, 2.45) is 0 Å². The van der Waals surface area contributed by atoms with E-state index in [0.29, 0.717) is 24.2 Å². The third-order valence-electron chi connectivity index (χ3n) is 3.61. The summed E-state index contributed by atoms with van der Waals surface area (Å²) in [6.07, 6.45) is -2.47. The molecule has 1 N–H and O–H groups in total. The first-order valence-electron chi connectivity index (χ1n) is 6.65. The molecule has 0 saturated carbocycles. The Morgan fingerprint density at radius 1 is 1.29 bits per heavy atom. The van der Waals surface area contributed by atoms with Crippen molar-refractivity contribution in [1.82, 2.24) is 10.2 Å². The molecule has 1 unspecified atom stereocenters. The third kappa shape index (κ3) is 4.83. The first kappa shape index (κ1) is 18.2. The van der Waals surface area contributed by atoms with Crippen LogP contribution in [0.5, 0.6) is 0 Å². The summed E-state index contributed by atoms with van der Waals surface area (Å²) in [7, 11) is 1.85. The lowest BCUT2D eigenvalue weighted by molar-refractivity contribution is -0.137. The summed E-state index contributed by atoms with van der Waals surface area (Å²) in [5.74, 6) is -0.834. The summed E-state index contributed by atoms with van der Waals surface area (Å²) in [5, 5.41) is 3.08. The number of likely N-dealkylation sites (N-methyl/N-ethyl adjacent to an activating group) is 1. The van der Waals surface area contributed by atoms with Crippen LogP contribution in [0.15, 0.2) is 18.2 Å². The van der Waals surface area contributed by atoms with Gasteiger partial charge in [0.25, 0.3) is 0 Å². The first-order valence-corrected chi connectivity index (χ1v) is 6.65. The van der Waals surface area contributed by atoms with Gasteiger partial charge in [-0.25, -0.2) is 4.39 Å². The maximum Gasteiger partial charge on any atom is 0.416 e. The van der Waals surface area contributed by atoms with Crippen LogP contribution in [-0.2, 0) is 12.7 Å². The molecule has 1 aromatic carbocycles. The number of halogens is 5. The highest BCUT2D eigenvalue weighted by atomic mass is 35.5. The van der Waals surface area contributed by atoms with Crippen molar-refractivity contribution < 1.29 is 17.6 Å². The van der Waals surface area contributed by atoms with Gasteiger partial charge in [0, 0.05) is 19.1 Å². The van der Waals surface area contributed by atoms with Crippen LogP contribution in [0.25, 0.3) is 0 Å². The number of rotatable bonds is 4. The van der Waals surface area contributed by atoms with Crippen LogP contribution in [0.3, 0.4) is 0 Å². The van der Waals surface area contributed by atoms with Crippen molar-refractivity contribution in [3.63, 3.8) is 0 Å². The Bertz CT molecular complexity index is 465. The summed E-state index contributed by atoms with van der Waals surface area (Å²) in [4.78, 5) is 2.10. The fourth-order valence-electron chi connectivity index (χ4n) is 2.71. The van der Waals surface area contributed by atoms with Crippen LogP contribution in [0.2, 0.25) is 0 Å². The van der Waals surface area contributed by atoms with Gasteiger partial charge in [0.1, 0.15) is 5.82 Å². The number of hydrogen-bond acceptors (Lipinski definition) is 2. The minimum Gasteiger partial charge on any atom is -0.318 e. The summed E-state index contributed by atoms with van der Waals surface area (Å²) in [6.45, 7) is 1.98. The number of nitrogens with zero attached hydrogens (tertiary/aromatic N) is 1. The van der Waals surface area contributed by atoms with Crippen molar-refractivity contribution >= 4 is 12.4 Å². The van der Waals surface area contributed by atoms with Crippen LogP contribution in [0.4, 0.5) is 17.6 Å². The Balaban J connectivity index is 0.00000220. The van der Waals surface area contributed by atoms with Gasteiger partial charge in [0.2, 0.25) is 0 Å². The maximum atomic E-state index is 13.3. The smallest absolute Gasteiger partial charge is 0.318 e. The summed E-state index contributed by atoms with van der Waals surface area (Å²) in [5.41, 5.74) is -0.544. The van der Waals surface area contributed by atoms with Crippen LogP contribution in [-0.4, -0.2) is 31.1 Å². The average molecular weight is 327 g/mol. The molecule has 0 bridgehead atoms. The SMILES string of the molecule is CNCC1CCCN1Cc1cc(F)cc(C(F)(F)F)c1.Cl. The quantitative estimate of drug-likeness (QED) is 0.853. The molecule has 1 saturated heterocycles. The van der Waals surface area contributed by atoms with Gasteiger partial charge in [-0.1, -0.05) is 0 Å². The van der Waals surface area contributed by atoms with E-state index < -0.39 is 17.6 Å². The van der Waals surface area contributed by atoms with E-state index in [9.17, 15) is 17.6 Å². The fraction of sp³-hybridized carbons (Fsp3) is 0.571. The van der Waals surface area contributed by atoms with Crippen molar-refractivity contribution in [2.75, 3.05) is 20.1 Å². The van der Waals surface area contributed by atoms with E-state index in [4.69, 9.17) is 0 Å². The van der Waals surface area contributed by atoms with Crippen molar-refractivity contribution in [3.05, 3.63) is 35.1 Å². The highest BCUT2D eigenvalue weighted by Gasteiger charge is 2.32. The molecule has 0 amide bonds. The summed E-state index contributed by atoms with van der Waals surface area (Å²) in [6, 6.07) is 3.07. The van der Waals surface area contributed by atoms with Gasteiger partial charge in [0.05, 0.1) is 5.56 Å². The second-order valence-corrected chi connectivity index (χ2v) is 5.17. The molecule has 0 spiro atoms. The Labute approximate surface area is 127 Å². The Kier molecular flexibility index (Phi) is 6.43. The lowest BCUT2D eigenvalue weighted by Crippen LogP contribution is -2.36. The molecule has 1 heterocycles. The minimum absolute atomic E-state index is 0. The Morgan fingerprint density at radius 2 is 2.00 bits per heavy atom. The molecule has 0 aliphatic carbocycles. The number of hydrogen-bond donors (Lipinski definition) is 1. The zero-order chi connectivity index (χ0) is 14.8. The second kappa shape index (κ2) is 7.42. The number of alkyl halides is 3. The predicted molar refractivity (Wildman–Crippen MR) is 76.0 cm³/mol. The summed E-state index contributed by atoms with van der Waals surface area (Å²) >= 11 is 0. The maximum absolute atomic E-state index is 13.3. The monoisotopic (exact) mass is 326 g/mol. The molecule has 1 aliphatic rings. The largest absolute Gasteiger partial charge is 0.416 e. The topological polar surface area (TPSA) is 15.3 Å². The fourth-order valence-corrected chi connectivity index (χ4v) is 2.71. The van der Waals surface area contributed by atoms with E-state index in [2.05, 4.69) is 10.2 Å². The first-order chi connectivity index (χ1) is 9.40. The van der Waals surface area contributed by atoms with E-state index in [1.54, 1.807) is 0 Å². The van der Waals surface area contributed by atoms with Crippen LogP contribution < -0.4 is 5.32 Å². The lowest BCUT2D eigenvalue weighted by atomic mass is 10.1. The molecule has 21 heavy (non-hydrogen) atoms. The molecule has 1 fully saturated rings. The molecule has 2 nitrogen and oxygen atoms in total. The van der Waals surface area contributed by atoms with Gasteiger partial charge in [-0.3, -0.25) is 4.90 Å². The predicted octanol–water partition coefficient (Wildman–Crippen LogP) is 3.45. The standard InChI is InChI=1S/C14H18F4N2.ClH/c1-19-8-13-3-2-4-20(13)9-10-5-11(14(16,17)18)7-12(15)6-10;/h5-7,13,19H,2-4,8-9H2,1H3;1H. The highest BCUT2D eigenvalue weighted by molar-refractivity contribution is 5.85. The van der Waals surface area contributed by atoms with Gasteiger partial charge in [-0.05, 0) is 50.2 Å². The summed E-state index contributed by atoms with van der Waals surface area (Å²) < 4.78 is 51.4. The van der Waals surface area contributed by atoms with E-state index in [1.807, 2.05) is 7.05 Å². The zero-order valence-electron chi connectivity index (χ0n) is 11.7. The molecule has 120 valence electrons. The molecular weight excluding hydrogens is 308 g/mol. The zero-order valence-corrected chi connectivity index (χ0v) is 12.5. The molecule has 0 aromatic heterocycles. The lowest BCUT2D eigenvalue weighted by Gasteiger charge is -2.24. The molecule has 1 atom stereocenters. The van der Waals surface area contributed by atoms with Crippen LogP contribution in [0, 0.1) is 5.82 Å². The normalized spacial score (nSPS) is 19.6. The van der Waals surface area contributed by atoms with Gasteiger partial charge in [0.15, 0.2) is 0 Å². The van der Waals surface area contributed by atoms with Gasteiger partial charge >= 0.3 is 6.18 Å². The van der Waals surface area contributed by atoms with Crippen molar-refractivity contribution in [2.45, 2.75) is 31.6 Å². The van der Waals surface area contributed by atoms with Gasteiger partial charge in [-0.15, -0.1) is 12.4 Å². The van der Waals surface area contributed by atoms with E-state index in [-0.39, 0.29) is 12.4 Å². The molecular formula is C14H19ClF4N2. The van der Waals surface area contributed by atoms with Gasteiger partial charge in [-0.2, -0.15) is 13.2 Å². The van der Waals surface area contributed by atoms with E-state index in [1.165, 1.54) is 6.07 Å². The Morgan fingerprint density at radius 3 is 2.62 bits per heavy atom. The molecule has 1 aromatic rings. The van der Waals surface area contributed by atoms with E-state index >= 15 is 0 Å². The minimum atomic E-state index is -4.51. The number of benzene rings is 1. The molecule has 2 rings (SSSR count).